The molecule has 0 spiro atoms. The molecule has 6 rings (SSSR count). The lowest BCUT2D eigenvalue weighted by Crippen LogP contribution is -2.31. The van der Waals surface area contributed by atoms with E-state index in [0.717, 1.165) is 27.6 Å². The van der Waals surface area contributed by atoms with Gasteiger partial charge < -0.3 is 4.98 Å². The standard InChI is InChI=1S/C30H26F3N5O5S2/c31-30(32,33)22-10-15-25-26(17-22)35-29(34-25)27(16-19-6-11-23(12-7-19)38-18-28(39)37-45(38,42)43)36-44(40,41)24-13-8-21(9-14-24)20-4-2-1-3-5-20/h1-15,17,27,36,42-43H,16,18H2,(H,34,35)(H,37,39). The number of carbonyl (C=O) groups excluding carboxylic acids is 1. The van der Waals surface area contributed by atoms with Crippen molar-refractivity contribution >= 4 is 43.6 Å². The maximum atomic E-state index is 13.6. The molecular weight excluding hydrogens is 631 g/mol. The monoisotopic (exact) mass is 657 g/mol. The van der Waals surface area contributed by atoms with Crippen molar-refractivity contribution in [3.8, 4) is 11.1 Å². The second-order valence-electron chi connectivity index (χ2n) is 10.4. The first-order valence-corrected chi connectivity index (χ1v) is 16.5. The largest absolute Gasteiger partial charge is 0.416 e. The third-order valence-corrected chi connectivity index (χ3v) is 10.2. The van der Waals surface area contributed by atoms with Crippen LogP contribution >= 0.6 is 11.0 Å². The van der Waals surface area contributed by atoms with Gasteiger partial charge in [0, 0.05) is 0 Å². The maximum absolute atomic E-state index is 13.6. The Labute approximate surface area is 257 Å². The molecule has 10 nitrogen and oxygen atoms in total. The van der Waals surface area contributed by atoms with Crippen LogP contribution in [0.2, 0.25) is 0 Å². The molecule has 4 aromatic carbocycles. The molecule has 0 aliphatic carbocycles. The van der Waals surface area contributed by atoms with Crippen LogP contribution in [-0.4, -0.2) is 39.9 Å². The molecule has 1 saturated heterocycles. The highest BCUT2D eigenvalue weighted by Crippen LogP contribution is 2.45. The molecule has 1 fully saturated rings. The first-order valence-electron chi connectivity index (χ1n) is 13.5. The van der Waals surface area contributed by atoms with Crippen LogP contribution in [0.15, 0.2) is 102 Å². The Morgan fingerprint density at radius 3 is 2.22 bits per heavy atom. The minimum Gasteiger partial charge on any atom is -0.341 e. The van der Waals surface area contributed by atoms with E-state index in [-0.39, 0.29) is 34.7 Å². The van der Waals surface area contributed by atoms with Crippen molar-refractivity contribution in [2.75, 3.05) is 10.8 Å². The number of H-pyrrole nitrogens is 1. The number of hydrogen-bond donors (Lipinski definition) is 5. The van der Waals surface area contributed by atoms with Gasteiger partial charge in [0.1, 0.15) is 12.4 Å². The van der Waals surface area contributed by atoms with Crippen molar-refractivity contribution in [2.24, 2.45) is 0 Å². The quantitative estimate of drug-likeness (QED) is 0.137. The van der Waals surface area contributed by atoms with Crippen LogP contribution in [0.4, 0.5) is 18.9 Å². The average molecular weight is 658 g/mol. The molecule has 0 radical (unpaired) electrons. The zero-order valence-corrected chi connectivity index (χ0v) is 24.8. The van der Waals surface area contributed by atoms with Gasteiger partial charge in [-0.2, -0.15) is 13.2 Å². The summed E-state index contributed by atoms with van der Waals surface area (Å²) in [4.78, 5) is 18.9. The number of carbonyl (C=O) groups is 1. The summed E-state index contributed by atoms with van der Waals surface area (Å²) in [5, 5.41) is 0. The van der Waals surface area contributed by atoms with Crippen molar-refractivity contribution in [1.29, 1.82) is 0 Å². The van der Waals surface area contributed by atoms with Gasteiger partial charge in [-0.3, -0.25) is 13.9 Å². The number of imidazole rings is 1. The summed E-state index contributed by atoms with van der Waals surface area (Å²) in [6, 6.07) is 24.0. The molecule has 45 heavy (non-hydrogen) atoms. The first-order chi connectivity index (χ1) is 21.3. The number of amides is 1. The number of nitrogens with one attached hydrogen (secondary N) is 3. The smallest absolute Gasteiger partial charge is 0.341 e. The van der Waals surface area contributed by atoms with E-state index in [4.69, 9.17) is 0 Å². The van der Waals surface area contributed by atoms with Gasteiger partial charge in [-0.1, -0.05) is 54.6 Å². The average Bonchev–Trinajstić information content (AvgIpc) is 3.55. The van der Waals surface area contributed by atoms with Crippen LogP contribution in [0, 0.1) is 0 Å². The first kappa shape index (κ1) is 30.6. The molecule has 1 aliphatic heterocycles. The van der Waals surface area contributed by atoms with Crippen molar-refractivity contribution in [3.05, 3.63) is 114 Å². The summed E-state index contributed by atoms with van der Waals surface area (Å²) in [5.74, 6) is -0.453. The minimum absolute atomic E-state index is 0.0191. The van der Waals surface area contributed by atoms with Crippen LogP contribution in [0.25, 0.3) is 22.2 Å². The van der Waals surface area contributed by atoms with Crippen LogP contribution in [0.3, 0.4) is 0 Å². The summed E-state index contributed by atoms with van der Waals surface area (Å²) >= 11 is 0. The molecule has 1 unspecified atom stereocenters. The van der Waals surface area contributed by atoms with E-state index in [1.54, 1.807) is 36.4 Å². The van der Waals surface area contributed by atoms with E-state index in [9.17, 15) is 35.5 Å². The molecule has 5 aromatic rings. The summed E-state index contributed by atoms with van der Waals surface area (Å²) in [5.41, 5.74) is 2.09. The lowest BCUT2D eigenvalue weighted by Gasteiger charge is -2.36. The zero-order valence-electron chi connectivity index (χ0n) is 23.2. The number of fused-ring (bicyclic) bond motifs is 1. The van der Waals surface area contributed by atoms with E-state index in [0.29, 0.717) is 11.3 Å². The summed E-state index contributed by atoms with van der Waals surface area (Å²) in [6.07, 6.45) is -4.55. The van der Waals surface area contributed by atoms with E-state index >= 15 is 0 Å². The van der Waals surface area contributed by atoms with Crippen molar-refractivity contribution in [1.82, 2.24) is 19.4 Å². The number of rotatable bonds is 8. The maximum Gasteiger partial charge on any atom is 0.416 e. The SMILES string of the molecule is O=C1CN(c2ccc(CC(NS(=O)(=O)c3ccc(-c4ccccc4)cc3)c3nc4ccc(C(F)(F)F)cc4[nH]3)cc2)S(O)(O)N1. The number of nitrogens with zero attached hydrogens (tertiary/aromatic N) is 2. The normalized spacial score (nSPS) is 16.5. The summed E-state index contributed by atoms with van der Waals surface area (Å²) < 4.78 is 93.4. The van der Waals surface area contributed by atoms with Gasteiger partial charge in [-0.05, 0) is 76.5 Å². The Kier molecular flexibility index (Phi) is 7.82. The molecule has 234 valence electrons. The second kappa shape index (κ2) is 11.5. The highest BCUT2D eigenvalue weighted by atomic mass is 32.3. The van der Waals surface area contributed by atoms with Crippen LogP contribution in [0.1, 0.15) is 23.0 Å². The van der Waals surface area contributed by atoms with Crippen LogP contribution in [-0.2, 0) is 27.4 Å². The molecule has 15 heteroatoms. The second-order valence-corrected chi connectivity index (χ2v) is 13.8. The molecule has 0 saturated carbocycles. The van der Waals surface area contributed by atoms with Crippen LogP contribution < -0.4 is 13.7 Å². The third kappa shape index (κ3) is 6.53. The molecule has 1 aromatic heterocycles. The Balaban J connectivity index is 1.32. The van der Waals surface area contributed by atoms with E-state index < -0.39 is 44.7 Å². The van der Waals surface area contributed by atoms with Gasteiger partial charge in [-0.25, -0.2) is 27.2 Å². The third-order valence-electron chi connectivity index (χ3n) is 7.24. The van der Waals surface area contributed by atoms with Crippen molar-refractivity contribution in [2.45, 2.75) is 23.5 Å². The minimum atomic E-state index is -4.58. The van der Waals surface area contributed by atoms with Gasteiger partial charge >= 0.3 is 6.18 Å². The summed E-state index contributed by atoms with van der Waals surface area (Å²) in [7, 11) is -7.67. The predicted octanol–water partition coefficient (Wildman–Crippen LogP) is 6.03. The Bertz CT molecular complexity index is 1970. The molecular formula is C30H26F3N5O5S2. The highest BCUT2D eigenvalue weighted by molar-refractivity contribution is 8.24. The zero-order chi connectivity index (χ0) is 32.0. The van der Waals surface area contributed by atoms with Gasteiger partial charge in [0.25, 0.3) is 5.91 Å². The molecule has 1 aliphatic rings. The van der Waals surface area contributed by atoms with Gasteiger partial charge in [-0.15, -0.1) is 0 Å². The Morgan fingerprint density at radius 2 is 1.60 bits per heavy atom. The van der Waals surface area contributed by atoms with Crippen LogP contribution in [0.5, 0.6) is 0 Å². The molecule has 2 heterocycles. The fourth-order valence-corrected chi connectivity index (χ4v) is 7.40. The van der Waals surface area contributed by atoms with E-state index in [1.165, 1.54) is 18.2 Å². The fourth-order valence-electron chi connectivity index (χ4n) is 5.01. The van der Waals surface area contributed by atoms with Gasteiger partial charge in [0.15, 0.2) is 0 Å². The van der Waals surface area contributed by atoms with E-state index in [1.807, 2.05) is 30.3 Å². The number of sulfonamides is 1. The number of aromatic nitrogens is 2. The number of alkyl halides is 3. The highest BCUT2D eigenvalue weighted by Gasteiger charge is 2.35. The molecule has 5 N–H and O–H groups in total. The van der Waals surface area contributed by atoms with Gasteiger partial charge in [0.05, 0.1) is 33.2 Å². The predicted molar refractivity (Wildman–Crippen MR) is 165 cm³/mol. The number of aromatic amines is 1. The Hall–Kier alpha value is -4.41. The molecule has 1 atom stereocenters. The molecule has 1 amide bonds. The van der Waals surface area contributed by atoms with Gasteiger partial charge in [0.2, 0.25) is 10.0 Å². The lowest BCUT2D eigenvalue weighted by atomic mass is 10.1. The Morgan fingerprint density at radius 1 is 0.933 bits per heavy atom. The summed E-state index contributed by atoms with van der Waals surface area (Å²) in [6.45, 7) is -0.258. The number of benzene rings is 4. The molecule has 0 bridgehead atoms. The number of anilines is 1. The number of halogens is 3. The number of hydrogen-bond acceptors (Lipinski definition) is 7. The fraction of sp³-hybridized carbons (Fsp3) is 0.133. The van der Waals surface area contributed by atoms with Crippen molar-refractivity contribution in [3.63, 3.8) is 0 Å². The van der Waals surface area contributed by atoms with E-state index in [2.05, 4.69) is 19.4 Å². The van der Waals surface area contributed by atoms with Crippen molar-refractivity contribution < 1.29 is 35.5 Å². The lowest BCUT2D eigenvalue weighted by molar-refractivity contribution is -0.137. The topological polar surface area (TPSA) is 148 Å².